The minimum Gasteiger partial charge on any atom is -0.271 e. The normalized spacial score (nSPS) is 10.8. The number of hydrogen-bond donors (Lipinski definition) is 2. The number of aromatic nitrogens is 2. The summed E-state index contributed by atoms with van der Waals surface area (Å²) in [7, 11) is 0. The molecule has 0 bridgehead atoms. The van der Waals surface area contributed by atoms with Gasteiger partial charge in [0.05, 0.1) is 17.3 Å². The predicted molar refractivity (Wildman–Crippen MR) is 104 cm³/mol. The SMILES string of the molecule is CC(C)(C#N)C(=O)NNC(=O)c1cn(-c2ccccc2)nc1-c1ccccc1. The van der Waals surface area contributed by atoms with E-state index >= 15 is 0 Å². The van der Waals surface area contributed by atoms with Crippen LogP contribution in [0.25, 0.3) is 16.9 Å². The van der Waals surface area contributed by atoms with Crippen LogP contribution in [0, 0.1) is 16.7 Å². The van der Waals surface area contributed by atoms with Gasteiger partial charge in [0.15, 0.2) is 0 Å². The van der Waals surface area contributed by atoms with Gasteiger partial charge in [0.25, 0.3) is 11.8 Å². The van der Waals surface area contributed by atoms with E-state index in [2.05, 4.69) is 16.0 Å². The average Bonchev–Trinajstić information content (AvgIpc) is 3.18. The maximum atomic E-state index is 12.7. The molecule has 3 rings (SSSR count). The van der Waals surface area contributed by atoms with E-state index in [1.54, 1.807) is 10.9 Å². The zero-order valence-corrected chi connectivity index (χ0v) is 15.5. The third-order valence-electron chi connectivity index (χ3n) is 4.16. The first kappa shape index (κ1) is 18.9. The van der Waals surface area contributed by atoms with E-state index in [1.165, 1.54) is 13.8 Å². The van der Waals surface area contributed by atoms with Crippen molar-refractivity contribution >= 4 is 11.8 Å². The summed E-state index contributed by atoms with van der Waals surface area (Å²) in [4.78, 5) is 24.8. The van der Waals surface area contributed by atoms with Crippen molar-refractivity contribution in [2.45, 2.75) is 13.8 Å². The van der Waals surface area contributed by atoms with Crippen LogP contribution in [0.2, 0.25) is 0 Å². The second-order valence-electron chi connectivity index (χ2n) is 6.68. The number of amides is 2. The summed E-state index contributed by atoms with van der Waals surface area (Å²) in [5.41, 5.74) is 5.76. The van der Waals surface area contributed by atoms with Gasteiger partial charge in [-0.25, -0.2) is 4.68 Å². The van der Waals surface area contributed by atoms with E-state index in [0.717, 1.165) is 11.3 Å². The lowest BCUT2D eigenvalue weighted by Gasteiger charge is -2.15. The van der Waals surface area contributed by atoms with Crippen LogP contribution < -0.4 is 10.9 Å². The van der Waals surface area contributed by atoms with Crippen molar-refractivity contribution in [3.63, 3.8) is 0 Å². The van der Waals surface area contributed by atoms with Gasteiger partial charge in [0.2, 0.25) is 0 Å². The maximum Gasteiger partial charge on any atom is 0.273 e. The molecular weight excluding hydrogens is 354 g/mol. The summed E-state index contributed by atoms with van der Waals surface area (Å²) in [5.74, 6) is -1.12. The molecule has 0 spiro atoms. The minimum absolute atomic E-state index is 0.296. The topological polar surface area (TPSA) is 99.8 Å². The molecule has 0 radical (unpaired) electrons. The fraction of sp³-hybridized carbons (Fsp3) is 0.143. The second kappa shape index (κ2) is 7.76. The summed E-state index contributed by atoms with van der Waals surface area (Å²) >= 11 is 0. The molecule has 0 aliphatic rings. The van der Waals surface area contributed by atoms with Gasteiger partial charge >= 0.3 is 0 Å². The van der Waals surface area contributed by atoms with Gasteiger partial charge in [-0.3, -0.25) is 20.4 Å². The van der Waals surface area contributed by atoms with Crippen molar-refractivity contribution in [2.24, 2.45) is 5.41 Å². The van der Waals surface area contributed by atoms with Crippen LogP contribution in [-0.2, 0) is 4.79 Å². The molecular formula is C21H19N5O2. The number of rotatable bonds is 4. The quantitative estimate of drug-likeness (QED) is 0.687. The Morgan fingerprint density at radius 3 is 2.21 bits per heavy atom. The highest BCUT2D eigenvalue weighted by molar-refractivity contribution is 6.01. The van der Waals surface area contributed by atoms with Gasteiger partial charge in [0.1, 0.15) is 11.1 Å². The number of carbonyl (C=O) groups is 2. The van der Waals surface area contributed by atoms with Gasteiger partial charge in [-0.15, -0.1) is 0 Å². The molecule has 0 saturated heterocycles. The van der Waals surface area contributed by atoms with E-state index in [9.17, 15) is 9.59 Å². The van der Waals surface area contributed by atoms with Gasteiger partial charge in [-0.1, -0.05) is 48.5 Å². The third-order valence-corrected chi connectivity index (χ3v) is 4.16. The lowest BCUT2D eigenvalue weighted by atomic mass is 9.95. The molecule has 0 aliphatic heterocycles. The Labute approximate surface area is 162 Å². The molecule has 2 aromatic carbocycles. The molecule has 2 amide bonds. The number of para-hydroxylation sites is 1. The van der Waals surface area contributed by atoms with Crippen LogP contribution in [0.4, 0.5) is 0 Å². The summed E-state index contributed by atoms with van der Waals surface area (Å²) < 4.78 is 1.61. The van der Waals surface area contributed by atoms with E-state index in [1.807, 2.05) is 66.7 Å². The molecule has 0 atom stereocenters. The van der Waals surface area contributed by atoms with Crippen molar-refractivity contribution in [1.82, 2.24) is 20.6 Å². The second-order valence-corrected chi connectivity index (χ2v) is 6.68. The molecule has 3 aromatic rings. The van der Waals surface area contributed by atoms with Crippen molar-refractivity contribution in [2.75, 3.05) is 0 Å². The van der Waals surface area contributed by atoms with Crippen LogP contribution in [0.3, 0.4) is 0 Å². The zero-order chi connectivity index (χ0) is 20.1. The Balaban J connectivity index is 1.93. The van der Waals surface area contributed by atoms with Gasteiger partial charge in [0, 0.05) is 11.8 Å². The van der Waals surface area contributed by atoms with Gasteiger partial charge in [-0.2, -0.15) is 10.4 Å². The first-order chi connectivity index (χ1) is 13.4. The van der Waals surface area contributed by atoms with Crippen LogP contribution in [0.1, 0.15) is 24.2 Å². The van der Waals surface area contributed by atoms with Crippen LogP contribution in [0.15, 0.2) is 66.9 Å². The molecule has 0 aliphatic carbocycles. The summed E-state index contributed by atoms with van der Waals surface area (Å²) in [6, 6.07) is 20.6. The number of hydrogen-bond acceptors (Lipinski definition) is 4. The Bertz CT molecular complexity index is 1030. The lowest BCUT2D eigenvalue weighted by molar-refractivity contribution is -0.127. The van der Waals surface area contributed by atoms with Crippen molar-refractivity contribution in [3.8, 4) is 23.0 Å². The maximum absolute atomic E-state index is 12.7. The Morgan fingerprint density at radius 2 is 1.61 bits per heavy atom. The molecule has 28 heavy (non-hydrogen) atoms. The molecule has 0 fully saturated rings. The highest BCUT2D eigenvalue weighted by atomic mass is 16.2. The van der Waals surface area contributed by atoms with E-state index < -0.39 is 17.2 Å². The Kier molecular flexibility index (Phi) is 5.23. The molecule has 7 nitrogen and oxygen atoms in total. The molecule has 0 unspecified atom stereocenters. The van der Waals surface area contributed by atoms with E-state index in [0.29, 0.717) is 11.3 Å². The molecule has 1 heterocycles. The molecule has 2 N–H and O–H groups in total. The van der Waals surface area contributed by atoms with E-state index in [-0.39, 0.29) is 0 Å². The number of benzene rings is 2. The fourth-order valence-corrected chi connectivity index (χ4v) is 2.45. The van der Waals surface area contributed by atoms with Crippen LogP contribution in [0.5, 0.6) is 0 Å². The smallest absolute Gasteiger partial charge is 0.271 e. The number of carbonyl (C=O) groups excluding carboxylic acids is 2. The van der Waals surface area contributed by atoms with Crippen LogP contribution in [-0.4, -0.2) is 21.6 Å². The van der Waals surface area contributed by atoms with Crippen molar-refractivity contribution < 1.29 is 9.59 Å². The standard InChI is InChI=1S/C21H19N5O2/c1-21(2,14-22)20(28)24-23-19(27)17-13-26(16-11-7-4-8-12-16)25-18(17)15-9-5-3-6-10-15/h3-13H,1-2H3,(H,23,27)(H,24,28). The zero-order valence-electron chi connectivity index (χ0n) is 15.5. The first-order valence-corrected chi connectivity index (χ1v) is 8.65. The Hall–Kier alpha value is -3.92. The van der Waals surface area contributed by atoms with Crippen molar-refractivity contribution in [1.29, 1.82) is 5.26 Å². The molecule has 7 heteroatoms. The number of nitrogens with one attached hydrogen (secondary N) is 2. The molecule has 1 aromatic heterocycles. The third kappa shape index (κ3) is 3.91. The first-order valence-electron chi connectivity index (χ1n) is 8.65. The number of hydrazine groups is 1. The van der Waals surface area contributed by atoms with Crippen molar-refractivity contribution in [3.05, 3.63) is 72.4 Å². The summed E-state index contributed by atoms with van der Waals surface area (Å²) in [6.45, 7) is 2.94. The van der Waals surface area contributed by atoms with E-state index in [4.69, 9.17) is 5.26 Å². The average molecular weight is 373 g/mol. The summed E-state index contributed by atoms with van der Waals surface area (Å²) in [5, 5.41) is 13.6. The number of nitrogens with zero attached hydrogens (tertiary/aromatic N) is 3. The fourth-order valence-electron chi connectivity index (χ4n) is 2.45. The molecule has 140 valence electrons. The lowest BCUT2D eigenvalue weighted by Crippen LogP contribution is -2.47. The largest absolute Gasteiger partial charge is 0.273 e. The highest BCUT2D eigenvalue weighted by Gasteiger charge is 2.28. The predicted octanol–water partition coefficient (Wildman–Crippen LogP) is 2.85. The van der Waals surface area contributed by atoms with Gasteiger partial charge in [-0.05, 0) is 26.0 Å². The highest BCUT2D eigenvalue weighted by Crippen LogP contribution is 2.23. The number of nitriles is 1. The van der Waals surface area contributed by atoms with Crippen LogP contribution >= 0.6 is 0 Å². The monoisotopic (exact) mass is 373 g/mol. The Morgan fingerprint density at radius 1 is 1.00 bits per heavy atom. The molecule has 0 saturated carbocycles. The minimum atomic E-state index is -1.26. The van der Waals surface area contributed by atoms with Gasteiger partial charge < -0.3 is 0 Å². The summed E-state index contributed by atoms with van der Waals surface area (Å²) in [6.07, 6.45) is 1.61.